The molecule has 4 heteroatoms. The summed E-state index contributed by atoms with van der Waals surface area (Å²) >= 11 is 0. The van der Waals surface area contributed by atoms with Gasteiger partial charge >= 0.3 is 0 Å². The van der Waals surface area contributed by atoms with Gasteiger partial charge in [-0.3, -0.25) is 4.79 Å². The third-order valence-corrected chi connectivity index (χ3v) is 2.50. The Bertz CT molecular complexity index is 183. The number of carbonyl (C=O) groups is 1. The normalized spacial score (nSPS) is 27.3. The zero-order valence-electron chi connectivity index (χ0n) is 9.06. The van der Waals surface area contributed by atoms with Gasteiger partial charge in [-0.25, -0.2) is 0 Å². The van der Waals surface area contributed by atoms with Crippen LogP contribution in [0.2, 0.25) is 0 Å². The molecule has 0 aliphatic carbocycles. The molecule has 0 radical (unpaired) electrons. The van der Waals surface area contributed by atoms with E-state index in [0.717, 1.165) is 32.5 Å². The van der Waals surface area contributed by atoms with Gasteiger partial charge in [0.15, 0.2) is 0 Å². The minimum Gasteiger partial charge on any atom is -0.371 e. The Morgan fingerprint density at radius 2 is 2.43 bits per heavy atom. The van der Waals surface area contributed by atoms with Crippen molar-refractivity contribution in [2.45, 2.75) is 32.3 Å². The Labute approximate surface area is 85.4 Å². The number of amides is 1. The number of rotatable bonds is 4. The lowest BCUT2D eigenvalue weighted by Crippen LogP contribution is -2.55. The average molecular weight is 200 g/mol. The van der Waals surface area contributed by atoms with Crippen molar-refractivity contribution in [1.82, 2.24) is 10.6 Å². The predicted molar refractivity (Wildman–Crippen MR) is 55.1 cm³/mol. The SMILES string of the molecule is CCCC1(CNC(C)=O)CNCCO1. The number of nitrogens with one attached hydrogen (secondary N) is 2. The second-order valence-electron chi connectivity index (χ2n) is 3.87. The maximum Gasteiger partial charge on any atom is 0.216 e. The van der Waals surface area contributed by atoms with E-state index >= 15 is 0 Å². The summed E-state index contributed by atoms with van der Waals surface area (Å²) in [5.41, 5.74) is -0.182. The van der Waals surface area contributed by atoms with E-state index in [1.165, 1.54) is 6.92 Å². The Hall–Kier alpha value is -0.610. The van der Waals surface area contributed by atoms with Gasteiger partial charge in [0, 0.05) is 26.6 Å². The molecular formula is C10H20N2O2. The van der Waals surface area contributed by atoms with E-state index in [0.29, 0.717) is 6.54 Å². The van der Waals surface area contributed by atoms with Crippen LogP contribution < -0.4 is 10.6 Å². The Morgan fingerprint density at radius 3 is 2.93 bits per heavy atom. The van der Waals surface area contributed by atoms with Crippen molar-refractivity contribution < 1.29 is 9.53 Å². The van der Waals surface area contributed by atoms with Crippen molar-refractivity contribution in [3.05, 3.63) is 0 Å². The molecule has 0 bridgehead atoms. The fourth-order valence-corrected chi connectivity index (χ4v) is 1.81. The fourth-order valence-electron chi connectivity index (χ4n) is 1.81. The highest BCUT2D eigenvalue weighted by Crippen LogP contribution is 2.18. The van der Waals surface area contributed by atoms with Gasteiger partial charge in [-0.15, -0.1) is 0 Å². The van der Waals surface area contributed by atoms with E-state index in [2.05, 4.69) is 17.6 Å². The smallest absolute Gasteiger partial charge is 0.216 e. The van der Waals surface area contributed by atoms with Gasteiger partial charge in [-0.05, 0) is 6.42 Å². The first-order valence-corrected chi connectivity index (χ1v) is 5.28. The maximum absolute atomic E-state index is 10.8. The third kappa shape index (κ3) is 3.27. The first-order chi connectivity index (χ1) is 6.68. The number of hydrogen-bond donors (Lipinski definition) is 2. The minimum absolute atomic E-state index is 0.00894. The first kappa shape index (κ1) is 11.5. The van der Waals surface area contributed by atoms with E-state index in [1.54, 1.807) is 0 Å². The Morgan fingerprint density at radius 1 is 1.64 bits per heavy atom. The summed E-state index contributed by atoms with van der Waals surface area (Å²) in [4.78, 5) is 10.8. The largest absolute Gasteiger partial charge is 0.371 e. The van der Waals surface area contributed by atoms with E-state index in [4.69, 9.17) is 4.74 Å². The summed E-state index contributed by atoms with van der Waals surface area (Å²) in [7, 11) is 0. The van der Waals surface area contributed by atoms with Crippen LogP contribution in [0.15, 0.2) is 0 Å². The molecule has 1 unspecified atom stereocenters. The van der Waals surface area contributed by atoms with Crippen LogP contribution in [0, 0.1) is 0 Å². The molecule has 1 rings (SSSR count). The van der Waals surface area contributed by atoms with Gasteiger partial charge in [0.25, 0.3) is 0 Å². The van der Waals surface area contributed by atoms with Gasteiger partial charge in [0.05, 0.1) is 12.2 Å². The molecule has 0 spiro atoms. The summed E-state index contributed by atoms with van der Waals surface area (Å²) in [5.74, 6) is 0.00894. The molecule has 14 heavy (non-hydrogen) atoms. The quantitative estimate of drug-likeness (QED) is 0.685. The molecule has 1 saturated heterocycles. The molecular weight excluding hydrogens is 180 g/mol. The van der Waals surface area contributed by atoms with E-state index < -0.39 is 0 Å². The highest BCUT2D eigenvalue weighted by Gasteiger charge is 2.32. The minimum atomic E-state index is -0.182. The van der Waals surface area contributed by atoms with Crippen LogP contribution >= 0.6 is 0 Å². The summed E-state index contributed by atoms with van der Waals surface area (Å²) in [5, 5.41) is 6.14. The fraction of sp³-hybridized carbons (Fsp3) is 0.900. The van der Waals surface area contributed by atoms with Crippen LogP contribution in [0.4, 0.5) is 0 Å². The van der Waals surface area contributed by atoms with Gasteiger partial charge in [0.2, 0.25) is 5.91 Å². The lowest BCUT2D eigenvalue weighted by molar-refractivity contribution is -0.122. The summed E-state index contributed by atoms with van der Waals surface area (Å²) < 4.78 is 5.78. The predicted octanol–water partition coefficient (Wildman–Crippen LogP) is 0.281. The monoisotopic (exact) mass is 200 g/mol. The molecule has 4 nitrogen and oxygen atoms in total. The summed E-state index contributed by atoms with van der Waals surface area (Å²) in [6.45, 7) is 6.76. The van der Waals surface area contributed by atoms with Crippen LogP contribution in [0.5, 0.6) is 0 Å². The second-order valence-corrected chi connectivity index (χ2v) is 3.87. The number of hydrogen-bond acceptors (Lipinski definition) is 3. The summed E-state index contributed by atoms with van der Waals surface area (Å²) in [6, 6.07) is 0. The van der Waals surface area contributed by atoms with E-state index in [-0.39, 0.29) is 11.5 Å². The van der Waals surface area contributed by atoms with Gasteiger partial charge < -0.3 is 15.4 Å². The molecule has 2 N–H and O–H groups in total. The summed E-state index contributed by atoms with van der Waals surface area (Å²) in [6.07, 6.45) is 2.06. The number of carbonyl (C=O) groups excluding carboxylic acids is 1. The van der Waals surface area contributed by atoms with Crippen molar-refractivity contribution in [3.8, 4) is 0 Å². The highest BCUT2D eigenvalue weighted by atomic mass is 16.5. The van der Waals surface area contributed by atoms with Crippen molar-refractivity contribution >= 4 is 5.91 Å². The average Bonchev–Trinajstić information content (AvgIpc) is 2.17. The lowest BCUT2D eigenvalue weighted by Gasteiger charge is -2.37. The zero-order chi connectivity index (χ0) is 10.4. The molecule has 1 aliphatic heterocycles. The molecule has 82 valence electrons. The molecule has 1 heterocycles. The van der Waals surface area contributed by atoms with E-state index in [1.807, 2.05) is 0 Å². The molecule has 0 aromatic heterocycles. The molecule has 1 aliphatic rings. The third-order valence-electron chi connectivity index (χ3n) is 2.50. The maximum atomic E-state index is 10.8. The molecule has 1 atom stereocenters. The molecule has 0 aromatic carbocycles. The van der Waals surface area contributed by atoms with Gasteiger partial charge in [-0.1, -0.05) is 13.3 Å². The van der Waals surface area contributed by atoms with Gasteiger partial charge in [-0.2, -0.15) is 0 Å². The van der Waals surface area contributed by atoms with Crippen molar-refractivity contribution in [3.63, 3.8) is 0 Å². The molecule has 0 saturated carbocycles. The Balaban J connectivity index is 2.46. The van der Waals surface area contributed by atoms with Crippen LogP contribution in [-0.4, -0.2) is 37.7 Å². The van der Waals surface area contributed by atoms with Crippen LogP contribution in [0.25, 0.3) is 0 Å². The van der Waals surface area contributed by atoms with Crippen LogP contribution in [-0.2, 0) is 9.53 Å². The molecule has 0 aromatic rings. The van der Waals surface area contributed by atoms with Crippen molar-refractivity contribution in [2.75, 3.05) is 26.2 Å². The van der Waals surface area contributed by atoms with Crippen LogP contribution in [0.3, 0.4) is 0 Å². The second kappa shape index (κ2) is 5.32. The van der Waals surface area contributed by atoms with Crippen molar-refractivity contribution in [1.29, 1.82) is 0 Å². The lowest BCUT2D eigenvalue weighted by atomic mass is 9.96. The molecule has 1 fully saturated rings. The number of ether oxygens (including phenoxy) is 1. The zero-order valence-corrected chi connectivity index (χ0v) is 9.06. The molecule has 1 amide bonds. The topological polar surface area (TPSA) is 50.4 Å². The Kier molecular flexibility index (Phi) is 4.35. The van der Waals surface area contributed by atoms with E-state index in [9.17, 15) is 4.79 Å². The standard InChI is InChI=1S/C10H20N2O2/c1-3-4-10(8-12-9(2)13)7-11-5-6-14-10/h11H,3-8H2,1-2H3,(H,12,13). The number of morpholine rings is 1. The van der Waals surface area contributed by atoms with Gasteiger partial charge in [0.1, 0.15) is 0 Å². The van der Waals surface area contributed by atoms with Crippen molar-refractivity contribution in [2.24, 2.45) is 0 Å². The van der Waals surface area contributed by atoms with Crippen LogP contribution in [0.1, 0.15) is 26.7 Å². The first-order valence-electron chi connectivity index (χ1n) is 5.28. The highest BCUT2D eigenvalue weighted by molar-refractivity contribution is 5.72.